The molecule has 7 heteroatoms. The Bertz CT molecular complexity index is 668. The predicted octanol–water partition coefficient (Wildman–Crippen LogP) is 3.06. The smallest absolute Gasteiger partial charge is 0.255 e. The van der Waals surface area contributed by atoms with Crippen LogP contribution in [0.25, 0.3) is 0 Å². The van der Waals surface area contributed by atoms with E-state index in [0.29, 0.717) is 16.4 Å². The molecule has 1 saturated heterocycles. The minimum Gasteiger partial charge on any atom is -0.369 e. The molecule has 0 unspecified atom stereocenters. The van der Waals surface area contributed by atoms with E-state index in [1.165, 1.54) is 6.42 Å². The number of halogens is 1. The zero-order chi connectivity index (χ0) is 16.8. The molecule has 6 nitrogen and oxygen atoms in total. The standard InChI is InChI=1S/C17H22ClN5O/c18-15-12-14(17(24)22-8-2-1-3-9-22)13-20-16(15)19-6-4-10-23-11-5-7-21-23/h5,7,11-13H,1-4,6,8-10H2,(H,19,20). The highest BCUT2D eigenvalue weighted by molar-refractivity contribution is 6.33. The molecule has 0 radical (unpaired) electrons. The number of nitrogens with one attached hydrogen (secondary N) is 1. The van der Waals surface area contributed by atoms with E-state index in [1.807, 2.05) is 21.8 Å². The van der Waals surface area contributed by atoms with Crippen molar-refractivity contribution < 1.29 is 4.79 Å². The molecule has 0 bridgehead atoms. The molecular weight excluding hydrogens is 326 g/mol. The van der Waals surface area contributed by atoms with Crippen LogP contribution in [0.3, 0.4) is 0 Å². The van der Waals surface area contributed by atoms with Gasteiger partial charge in [-0.3, -0.25) is 9.48 Å². The van der Waals surface area contributed by atoms with Crippen LogP contribution in [-0.2, 0) is 6.54 Å². The molecule has 1 aliphatic heterocycles. The number of carbonyl (C=O) groups excluding carboxylic acids is 1. The van der Waals surface area contributed by atoms with Gasteiger partial charge < -0.3 is 10.2 Å². The van der Waals surface area contributed by atoms with Gasteiger partial charge in [-0.15, -0.1) is 0 Å². The normalized spacial score (nSPS) is 14.6. The number of carbonyl (C=O) groups is 1. The minimum atomic E-state index is 0.0225. The molecule has 0 spiro atoms. The molecular formula is C17H22ClN5O. The van der Waals surface area contributed by atoms with Crippen LogP contribution in [0.5, 0.6) is 0 Å². The molecule has 0 aromatic carbocycles. The lowest BCUT2D eigenvalue weighted by atomic mass is 10.1. The van der Waals surface area contributed by atoms with Crippen LogP contribution in [0.1, 0.15) is 36.0 Å². The van der Waals surface area contributed by atoms with Crippen LogP contribution < -0.4 is 5.32 Å². The van der Waals surface area contributed by atoms with Crippen molar-refractivity contribution >= 4 is 23.3 Å². The number of aromatic nitrogens is 3. The number of amides is 1. The summed E-state index contributed by atoms with van der Waals surface area (Å²) in [7, 11) is 0. The maximum absolute atomic E-state index is 12.5. The van der Waals surface area contributed by atoms with Crippen molar-refractivity contribution in [2.45, 2.75) is 32.2 Å². The summed E-state index contributed by atoms with van der Waals surface area (Å²) in [5, 5.41) is 7.85. The highest BCUT2D eigenvalue weighted by atomic mass is 35.5. The first-order valence-electron chi connectivity index (χ1n) is 8.40. The number of hydrogen-bond donors (Lipinski definition) is 1. The average molecular weight is 348 g/mol. The second-order valence-corrected chi connectivity index (χ2v) is 6.36. The van der Waals surface area contributed by atoms with Gasteiger partial charge in [-0.1, -0.05) is 11.6 Å². The fourth-order valence-corrected chi connectivity index (χ4v) is 3.08. The number of piperidine rings is 1. The van der Waals surface area contributed by atoms with Crippen LogP contribution in [0.4, 0.5) is 5.82 Å². The van der Waals surface area contributed by atoms with E-state index in [2.05, 4.69) is 15.4 Å². The first kappa shape index (κ1) is 16.8. The maximum atomic E-state index is 12.5. The number of anilines is 1. The van der Waals surface area contributed by atoms with E-state index in [1.54, 1.807) is 18.5 Å². The summed E-state index contributed by atoms with van der Waals surface area (Å²) < 4.78 is 1.89. The van der Waals surface area contributed by atoms with Crippen LogP contribution in [-0.4, -0.2) is 45.2 Å². The number of hydrogen-bond acceptors (Lipinski definition) is 4. The molecule has 0 atom stereocenters. The van der Waals surface area contributed by atoms with Gasteiger partial charge in [0.2, 0.25) is 0 Å². The zero-order valence-corrected chi connectivity index (χ0v) is 14.4. The van der Waals surface area contributed by atoms with Crippen molar-refractivity contribution in [2.24, 2.45) is 0 Å². The summed E-state index contributed by atoms with van der Waals surface area (Å²) in [6.07, 6.45) is 9.57. The van der Waals surface area contributed by atoms with Gasteiger partial charge in [-0.25, -0.2) is 4.98 Å². The molecule has 1 N–H and O–H groups in total. The fraction of sp³-hybridized carbons (Fsp3) is 0.471. The molecule has 24 heavy (non-hydrogen) atoms. The summed E-state index contributed by atoms with van der Waals surface area (Å²) in [6.45, 7) is 3.23. The highest BCUT2D eigenvalue weighted by Crippen LogP contribution is 2.22. The first-order chi connectivity index (χ1) is 11.7. The summed E-state index contributed by atoms with van der Waals surface area (Å²) in [5.74, 6) is 0.640. The number of pyridine rings is 1. The number of rotatable bonds is 6. The lowest BCUT2D eigenvalue weighted by molar-refractivity contribution is 0.0724. The SMILES string of the molecule is O=C(c1cnc(NCCCn2cccn2)c(Cl)c1)N1CCCCC1. The Morgan fingerprint density at radius 2 is 2.12 bits per heavy atom. The van der Waals surface area contributed by atoms with Gasteiger partial charge in [-0.05, 0) is 37.8 Å². The number of aryl methyl sites for hydroxylation is 1. The van der Waals surface area contributed by atoms with E-state index < -0.39 is 0 Å². The van der Waals surface area contributed by atoms with Gasteiger partial charge in [0.05, 0.1) is 10.6 Å². The van der Waals surface area contributed by atoms with Crippen molar-refractivity contribution in [3.63, 3.8) is 0 Å². The molecule has 3 heterocycles. The Labute approximate surface area is 146 Å². The van der Waals surface area contributed by atoms with Gasteiger partial charge in [0, 0.05) is 44.8 Å². The van der Waals surface area contributed by atoms with Crippen molar-refractivity contribution in [2.75, 3.05) is 25.0 Å². The van der Waals surface area contributed by atoms with Crippen LogP contribution in [0.15, 0.2) is 30.7 Å². The Kier molecular flexibility index (Phi) is 5.69. The molecule has 1 aliphatic rings. The van der Waals surface area contributed by atoms with E-state index >= 15 is 0 Å². The summed E-state index contributed by atoms with van der Waals surface area (Å²) in [4.78, 5) is 18.7. The Morgan fingerprint density at radius 1 is 1.29 bits per heavy atom. The van der Waals surface area contributed by atoms with Crippen molar-refractivity contribution in [3.05, 3.63) is 41.3 Å². The zero-order valence-electron chi connectivity index (χ0n) is 13.6. The second-order valence-electron chi connectivity index (χ2n) is 5.96. The van der Waals surface area contributed by atoms with Gasteiger partial charge >= 0.3 is 0 Å². The van der Waals surface area contributed by atoms with Crippen molar-refractivity contribution in [1.82, 2.24) is 19.7 Å². The summed E-state index contributed by atoms with van der Waals surface area (Å²) in [6, 6.07) is 3.62. The molecule has 1 fully saturated rings. The summed E-state index contributed by atoms with van der Waals surface area (Å²) in [5.41, 5.74) is 0.559. The van der Waals surface area contributed by atoms with Gasteiger partial charge in [0.1, 0.15) is 5.82 Å². The Hall–Kier alpha value is -2.08. The lowest BCUT2D eigenvalue weighted by Gasteiger charge is -2.26. The third-order valence-electron chi connectivity index (χ3n) is 4.15. The van der Waals surface area contributed by atoms with Gasteiger partial charge in [0.25, 0.3) is 5.91 Å². The van der Waals surface area contributed by atoms with Crippen molar-refractivity contribution in [3.8, 4) is 0 Å². The van der Waals surface area contributed by atoms with E-state index in [0.717, 1.165) is 45.4 Å². The highest BCUT2D eigenvalue weighted by Gasteiger charge is 2.19. The Balaban J connectivity index is 1.53. The molecule has 0 saturated carbocycles. The molecule has 1 amide bonds. The topological polar surface area (TPSA) is 63.1 Å². The van der Waals surface area contributed by atoms with Crippen LogP contribution in [0, 0.1) is 0 Å². The molecule has 128 valence electrons. The van der Waals surface area contributed by atoms with E-state index in [-0.39, 0.29) is 5.91 Å². The quantitative estimate of drug-likeness (QED) is 0.816. The fourth-order valence-electron chi connectivity index (χ4n) is 2.85. The summed E-state index contributed by atoms with van der Waals surface area (Å²) >= 11 is 6.28. The largest absolute Gasteiger partial charge is 0.369 e. The third kappa shape index (κ3) is 4.26. The van der Waals surface area contributed by atoms with Crippen LogP contribution >= 0.6 is 11.6 Å². The third-order valence-corrected chi connectivity index (χ3v) is 4.44. The predicted molar refractivity (Wildman–Crippen MR) is 94.3 cm³/mol. The number of likely N-dealkylation sites (tertiary alicyclic amines) is 1. The minimum absolute atomic E-state index is 0.0225. The first-order valence-corrected chi connectivity index (χ1v) is 8.78. The van der Waals surface area contributed by atoms with E-state index in [4.69, 9.17) is 11.6 Å². The molecule has 3 rings (SSSR count). The van der Waals surface area contributed by atoms with E-state index in [9.17, 15) is 4.79 Å². The molecule has 0 aliphatic carbocycles. The van der Waals surface area contributed by atoms with Crippen molar-refractivity contribution in [1.29, 1.82) is 0 Å². The molecule has 2 aromatic heterocycles. The second kappa shape index (κ2) is 8.15. The monoisotopic (exact) mass is 347 g/mol. The maximum Gasteiger partial charge on any atom is 0.255 e. The number of nitrogens with zero attached hydrogens (tertiary/aromatic N) is 4. The molecule has 2 aromatic rings. The van der Waals surface area contributed by atoms with Gasteiger partial charge in [0.15, 0.2) is 0 Å². The average Bonchev–Trinajstić information content (AvgIpc) is 3.13. The van der Waals surface area contributed by atoms with Gasteiger partial charge in [-0.2, -0.15) is 5.10 Å². The Morgan fingerprint density at radius 3 is 2.83 bits per heavy atom. The lowest BCUT2D eigenvalue weighted by Crippen LogP contribution is -2.35. The van der Waals surface area contributed by atoms with Crippen LogP contribution in [0.2, 0.25) is 5.02 Å².